The fourth-order valence-electron chi connectivity index (χ4n) is 2.61. The molecular weight excluding hydrogens is 244 g/mol. The molecule has 1 unspecified atom stereocenters. The third-order valence-electron chi connectivity index (χ3n) is 3.80. The molecule has 1 aromatic heterocycles. The van der Waals surface area contributed by atoms with E-state index in [1.807, 2.05) is 11.5 Å². The number of aryl methyl sites for hydroxylation is 1. The van der Waals surface area contributed by atoms with E-state index in [2.05, 4.69) is 11.8 Å². The fraction of sp³-hybridized carbons (Fsp3) is 0.571. The average molecular weight is 264 g/mol. The second-order valence-corrected chi connectivity index (χ2v) is 5.24. The summed E-state index contributed by atoms with van der Waals surface area (Å²) < 4.78 is 1.87. The van der Waals surface area contributed by atoms with Gasteiger partial charge in [0, 0.05) is 30.5 Å². The van der Waals surface area contributed by atoms with Crippen molar-refractivity contribution in [3.05, 3.63) is 33.7 Å². The molecule has 1 saturated heterocycles. The summed E-state index contributed by atoms with van der Waals surface area (Å²) in [4.78, 5) is 25.0. The van der Waals surface area contributed by atoms with Crippen LogP contribution >= 0.6 is 0 Å². The Morgan fingerprint density at radius 2 is 2.05 bits per heavy atom. The predicted molar refractivity (Wildman–Crippen MR) is 72.7 cm³/mol. The van der Waals surface area contributed by atoms with E-state index >= 15 is 0 Å². The second-order valence-electron chi connectivity index (χ2n) is 5.24. The summed E-state index contributed by atoms with van der Waals surface area (Å²) in [6.45, 7) is 6.90. The van der Waals surface area contributed by atoms with Crippen molar-refractivity contribution in [3.8, 4) is 0 Å². The maximum atomic E-state index is 11.6. The number of likely N-dealkylation sites (tertiary alicyclic amines) is 1. The van der Waals surface area contributed by atoms with Gasteiger partial charge in [0.25, 0.3) is 0 Å². The number of carboxylic acids is 1. The van der Waals surface area contributed by atoms with E-state index in [1.165, 1.54) is 25.1 Å². The van der Waals surface area contributed by atoms with Crippen LogP contribution in [0.4, 0.5) is 0 Å². The van der Waals surface area contributed by atoms with Crippen molar-refractivity contribution in [1.29, 1.82) is 0 Å². The molecule has 0 aliphatic carbocycles. The van der Waals surface area contributed by atoms with Gasteiger partial charge in [-0.05, 0) is 39.8 Å². The molecule has 0 amide bonds. The van der Waals surface area contributed by atoms with E-state index in [9.17, 15) is 9.59 Å². The summed E-state index contributed by atoms with van der Waals surface area (Å²) in [6, 6.07) is 1.76. The summed E-state index contributed by atoms with van der Waals surface area (Å²) >= 11 is 0. The highest BCUT2D eigenvalue weighted by atomic mass is 16.4. The van der Waals surface area contributed by atoms with Gasteiger partial charge in [0.2, 0.25) is 0 Å². The zero-order chi connectivity index (χ0) is 14.0. The van der Waals surface area contributed by atoms with E-state index in [1.54, 1.807) is 0 Å². The first-order valence-corrected chi connectivity index (χ1v) is 6.67. The van der Waals surface area contributed by atoms with Crippen molar-refractivity contribution in [3.63, 3.8) is 0 Å². The van der Waals surface area contributed by atoms with Crippen molar-refractivity contribution in [2.24, 2.45) is 0 Å². The van der Waals surface area contributed by atoms with Gasteiger partial charge in [-0.25, -0.2) is 4.79 Å². The molecule has 19 heavy (non-hydrogen) atoms. The summed E-state index contributed by atoms with van der Waals surface area (Å²) in [6.07, 6.45) is 3.92. The van der Waals surface area contributed by atoms with Crippen molar-refractivity contribution in [2.45, 2.75) is 39.3 Å². The molecule has 5 heteroatoms. The minimum Gasteiger partial charge on any atom is -0.477 e. The van der Waals surface area contributed by atoms with Crippen LogP contribution in [-0.4, -0.2) is 39.7 Å². The van der Waals surface area contributed by atoms with Gasteiger partial charge in [-0.3, -0.25) is 9.69 Å². The lowest BCUT2D eigenvalue weighted by Crippen LogP contribution is -2.34. The maximum Gasteiger partial charge on any atom is 0.341 e. The van der Waals surface area contributed by atoms with Gasteiger partial charge < -0.3 is 9.67 Å². The van der Waals surface area contributed by atoms with Crippen molar-refractivity contribution in [1.82, 2.24) is 9.47 Å². The summed E-state index contributed by atoms with van der Waals surface area (Å²) in [5, 5.41) is 9.00. The van der Waals surface area contributed by atoms with Crippen molar-refractivity contribution in [2.75, 3.05) is 13.1 Å². The molecule has 5 nitrogen and oxygen atoms in total. The highest BCUT2D eigenvalue weighted by Crippen LogP contribution is 2.13. The van der Waals surface area contributed by atoms with E-state index in [0.717, 1.165) is 18.8 Å². The quantitative estimate of drug-likeness (QED) is 0.891. The Morgan fingerprint density at radius 3 is 2.63 bits per heavy atom. The van der Waals surface area contributed by atoms with Gasteiger partial charge in [0.1, 0.15) is 5.56 Å². The second kappa shape index (κ2) is 5.57. The Hall–Kier alpha value is -1.62. The molecule has 2 heterocycles. The number of hydrogen-bond donors (Lipinski definition) is 1. The minimum absolute atomic E-state index is 0.153. The number of carbonyl (C=O) groups is 1. The van der Waals surface area contributed by atoms with Gasteiger partial charge in [-0.15, -0.1) is 0 Å². The Morgan fingerprint density at radius 1 is 1.42 bits per heavy atom. The maximum absolute atomic E-state index is 11.6. The lowest BCUT2D eigenvalue weighted by Gasteiger charge is -2.25. The third-order valence-corrected chi connectivity index (χ3v) is 3.80. The number of aromatic nitrogens is 1. The SMILES string of the molecule is Cc1cc(=O)c(C(=O)O)cn1CC(C)N1CCCC1. The van der Waals surface area contributed by atoms with Crippen molar-refractivity contribution < 1.29 is 9.90 Å². The topological polar surface area (TPSA) is 62.5 Å². The average Bonchev–Trinajstić information content (AvgIpc) is 2.85. The van der Waals surface area contributed by atoms with E-state index in [0.29, 0.717) is 12.6 Å². The molecule has 0 aromatic carbocycles. The lowest BCUT2D eigenvalue weighted by atomic mass is 10.2. The zero-order valence-electron chi connectivity index (χ0n) is 11.4. The molecule has 1 aromatic rings. The molecule has 0 bridgehead atoms. The first-order valence-electron chi connectivity index (χ1n) is 6.67. The van der Waals surface area contributed by atoms with Crippen LogP contribution in [0, 0.1) is 6.92 Å². The van der Waals surface area contributed by atoms with Crippen LogP contribution in [0.1, 0.15) is 35.8 Å². The number of aromatic carboxylic acids is 1. The van der Waals surface area contributed by atoms with Crippen molar-refractivity contribution >= 4 is 5.97 Å². The largest absolute Gasteiger partial charge is 0.477 e. The van der Waals surface area contributed by atoms with Gasteiger partial charge in [0.15, 0.2) is 5.43 Å². The van der Waals surface area contributed by atoms with E-state index in [4.69, 9.17) is 5.11 Å². The molecule has 0 saturated carbocycles. The number of rotatable bonds is 4. The molecule has 1 aliphatic rings. The first kappa shape index (κ1) is 13.8. The molecule has 0 spiro atoms. The number of hydrogen-bond acceptors (Lipinski definition) is 3. The highest BCUT2D eigenvalue weighted by molar-refractivity contribution is 5.87. The first-order chi connectivity index (χ1) is 8.99. The predicted octanol–water partition coefficient (Wildman–Crippen LogP) is 1.34. The van der Waals surface area contributed by atoms with Gasteiger partial charge in [-0.2, -0.15) is 0 Å². The molecular formula is C14H20N2O3. The Labute approximate surface area is 112 Å². The molecule has 104 valence electrons. The number of carboxylic acid groups (broad SMARTS) is 1. The van der Waals surface area contributed by atoms with Gasteiger partial charge in [-0.1, -0.05) is 0 Å². The lowest BCUT2D eigenvalue weighted by molar-refractivity contribution is 0.0694. The normalized spacial score (nSPS) is 17.6. The van der Waals surface area contributed by atoms with Crippen LogP contribution in [-0.2, 0) is 6.54 Å². The third kappa shape index (κ3) is 3.04. The molecule has 0 radical (unpaired) electrons. The van der Waals surface area contributed by atoms with Gasteiger partial charge in [0.05, 0.1) is 0 Å². The van der Waals surface area contributed by atoms with Gasteiger partial charge >= 0.3 is 5.97 Å². The monoisotopic (exact) mass is 264 g/mol. The van der Waals surface area contributed by atoms with Crippen LogP contribution in [0.5, 0.6) is 0 Å². The smallest absolute Gasteiger partial charge is 0.341 e. The summed E-state index contributed by atoms with van der Waals surface area (Å²) in [5.74, 6) is -1.16. The number of pyridine rings is 1. The molecule has 1 atom stereocenters. The van der Waals surface area contributed by atoms with Crippen LogP contribution in [0.3, 0.4) is 0 Å². The van der Waals surface area contributed by atoms with E-state index in [-0.39, 0.29) is 5.56 Å². The molecule has 1 fully saturated rings. The van der Waals surface area contributed by atoms with Crippen LogP contribution in [0.15, 0.2) is 17.1 Å². The zero-order valence-corrected chi connectivity index (χ0v) is 11.4. The van der Waals surface area contributed by atoms with Crippen LogP contribution < -0.4 is 5.43 Å². The summed E-state index contributed by atoms with van der Waals surface area (Å²) in [7, 11) is 0. The fourth-order valence-corrected chi connectivity index (χ4v) is 2.61. The molecule has 1 N–H and O–H groups in total. The highest BCUT2D eigenvalue weighted by Gasteiger charge is 2.19. The molecule has 2 rings (SSSR count). The summed E-state index contributed by atoms with van der Waals surface area (Å²) in [5.41, 5.74) is 0.232. The Kier molecular flexibility index (Phi) is 4.04. The van der Waals surface area contributed by atoms with E-state index < -0.39 is 11.4 Å². The molecule has 1 aliphatic heterocycles. The Balaban J connectivity index is 2.21. The van der Waals surface area contributed by atoms with Crippen LogP contribution in [0.25, 0.3) is 0 Å². The van der Waals surface area contributed by atoms with Crippen LogP contribution in [0.2, 0.25) is 0 Å². The number of nitrogens with zero attached hydrogens (tertiary/aromatic N) is 2. The minimum atomic E-state index is -1.16. The Bertz CT molecular complexity index is 530. The standard InChI is InChI=1S/C14H20N2O3/c1-10-7-13(17)12(14(18)19)9-16(10)8-11(2)15-5-3-4-6-15/h7,9,11H,3-6,8H2,1-2H3,(H,18,19).